The van der Waals surface area contributed by atoms with Crippen LogP contribution in [0.1, 0.15) is 68.9 Å². The number of likely N-dealkylation sites (tertiary alicyclic amines) is 1. The lowest BCUT2D eigenvalue weighted by molar-refractivity contribution is -0.138. The second-order valence-electron chi connectivity index (χ2n) is 16.5. The van der Waals surface area contributed by atoms with Crippen molar-refractivity contribution in [1.29, 1.82) is 5.26 Å². The smallest absolute Gasteiger partial charge is 0.329 e. The van der Waals surface area contributed by atoms with Crippen LogP contribution in [0.4, 0.5) is 25.1 Å². The maximum absolute atomic E-state index is 15.7. The SMILES string of the molecule is CCN(C)S(=O)(=O)Nc1ccc(F)c(Oc2ccc3ncnc(OC4CC5(C4)CN(C4CCC(c6cc7c(cc6F)c(N6CCC(=O)NC6=O)nn7C)CC4)C5)c3c2)c1C#N. The van der Waals surface area contributed by atoms with Gasteiger partial charge in [0.2, 0.25) is 11.8 Å². The van der Waals surface area contributed by atoms with E-state index in [2.05, 4.69) is 30.0 Å². The molecule has 0 atom stereocenters. The van der Waals surface area contributed by atoms with E-state index < -0.39 is 27.8 Å². The molecule has 2 saturated carbocycles. The Bertz CT molecular complexity index is 2740. The lowest BCUT2D eigenvalue weighted by Gasteiger charge is -2.61. The molecule has 0 radical (unpaired) electrons. The molecule has 19 heteroatoms. The summed E-state index contributed by atoms with van der Waals surface area (Å²) in [6.07, 6.45) is 6.88. The third kappa shape index (κ3) is 7.46. The van der Waals surface area contributed by atoms with Crippen molar-refractivity contribution in [1.82, 2.24) is 34.3 Å². The number of carbonyl (C=O) groups excluding carboxylic acids is 2. The number of nitriles is 1. The van der Waals surface area contributed by atoms with Crippen molar-refractivity contribution < 1.29 is 36.3 Å². The van der Waals surface area contributed by atoms with Gasteiger partial charge in [-0.1, -0.05) is 6.92 Å². The third-order valence-corrected chi connectivity index (χ3v) is 14.3. The van der Waals surface area contributed by atoms with Crippen LogP contribution in [-0.2, 0) is 22.1 Å². The van der Waals surface area contributed by atoms with Gasteiger partial charge in [0.1, 0.15) is 35.6 Å². The van der Waals surface area contributed by atoms with Crippen LogP contribution in [-0.4, -0.2) is 94.7 Å². The fourth-order valence-corrected chi connectivity index (χ4v) is 10.3. The van der Waals surface area contributed by atoms with Crippen molar-refractivity contribution in [2.45, 2.75) is 69.9 Å². The number of urea groups is 1. The second-order valence-corrected chi connectivity index (χ2v) is 18.3. The van der Waals surface area contributed by atoms with E-state index in [1.54, 1.807) is 36.9 Å². The molecule has 16 nitrogen and oxygen atoms in total. The number of imide groups is 1. The number of amides is 3. The largest absolute Gasteiger partial charge is 0.474 e. The number of ether oxygens (including phenoxy) is 2. The van der Waals surface area contributed by atoms with Gasteiger partial charge in [0.05, 0.1) is 22.1 Å². The summed E-state index contributed by atoms with van der Waals surface area (Å²) in [4.78, 5) is 36.9. The number of nitrogens with zero attached hydrogens (tertiary/aromatic N) is 8. The topological polar surface area (TPSA) is 188 Å². The normalized spacial score (nSPS) is 20.7. The summed E-state index contributed by atoms with van der Waals surface area (Å²) in [6, 6.07) is 12.2. The summed E-state index contributed by atoms with van der Waals surface area (Å²) >= 11 is 0. The maximum atomic E-state index is 15.7. The highest BCUT2D eigenvalue weighted by atomic mass is 32.2. The number of fused-ring (bicyclic) bond motifs is 2. The summed E-state index contributed by atoms with van der Waals surface area (Å²) in [7, 11) is -0.836. The van der Waals surface area contributed by atoms with Gasteiger partial charge in [-0.3, -0.25) is 29.3 Å². The highest BCUT2D eigenvalue weighted by molar-refractivity contribution is 7.90. The van der Waals surface area contributed by atoms with Crippen molar-refractivity contribution in [2.75, 3.05) is 42.8 Å². The van der Waals surface area contributed by atoms with E-state index in [9.17, 15) is 23.3 Å². The van der Waals surface area contributed by atoms with Crippen LogP contribution in [0.25, 0.3) is 21.8 Å². The maximum Gasteiger partial charge on any atom is 0.329 e. The van der Waals surface area contributed by atoms with Crippen LogP contribution in [0, 0.1) is 28.4 Å². The van der Waals surface area contributed by atoms with E-state index in [0.29, 0.717) is 39.6 Å². The Hall–Kier alpha value is -5.97. The van der Waals surface area contributed by atoms with Crippen LogP contribution < -0.4 is 24.4 Å². The number of hydrogen-bond donors (Lipinski definition) is 2. The zero-order valence-electron chi connectivity index (χ0n) is 33.8. The minimum atomic E-state index is -3.99. The number of aryl methyl sites for hydroxylation is 1. The first-order valence-electron chi connectivity index (χ1n) is 20.3. The van der Waals surface area contributed by atoms with Gasteiger partial charge in [-0.25, -0.2) is 23.5 Å². The fourth-order valence-electron chi connectivity index (χ4n) is 9.31. The molecule has 318 valence electrons. The summed E-state index contributed by atoms with van der Waals surface area (Å²) in [5, 5.41) is 17.8. The minimum absolute atomic E-state index is 0.0636. The summed E-state index contributed by atoms with van der Waals surface area (Å²) in [5.41, 5.74) is 1.72. The van der Waals surface area contributed by atoms with Gasteiger partial charge in [-0.2, -0.15) is 23.1 Å². The molecule has 5 aromatic rings. The predicted octanol–water partition coefficient (Wildman–Crippen LogP) is 6.08. The Kier molecular flexibility index (Phi) is 10.3. The Balaban J connectivity index is 0.808. The molecule has 0 bridgehead atoms. The van der Waals surface area contributed by atoms with Crippen LogP contribution in [0.3, 0.4) is 0 Å². The number of carbonyl (C=O) groups is 2. The number of benzene rings is 3. The Morgan fingerprint density at radius 1 is 1.03 bits per heavy atom. The van der Waals surface area contributed by atoms with Crippen LogP contribution >= 0.6 is 0 Å². The molecular weight excluding hydrogens is 811 g/mol. The zero-order valence-corrected chi connectivity index (χ0v) is 34.6. The number of nitrogens with one attached hydrogen (secondary N) is 2. The molecule has 4 aliphatic rings. The zero-order chi connectivity index (χ0) is 42.8. The average Bonchev–Trinajstić information content (AvgIpc) is 3.52. The first-order valence-corrected chi connectivity index (χ1v) is 21.8. The van der Waals surface area contributed by atoms with E-state index in [1.807, 2.05) is 12.1 Å². The highest BCUT2D eigenvalue weighted by Gasteiger charge is 2.55. The summed E-state index contributed by atoms with van der Waals surface area (Å²) < 4.78 is 73.5. The molecule has 4 fully saturated rings. The van der Waals surface area contributed by atoms with Crippen molar-refractivity contribution in [3.63, 3.8) is 0 Å². The Morgan fingerprint density at radius 3 is 2.52 bits per heavy atom. The molecule has 3 amide bonds. The van der Waals surface area contributed by atoms with Crippen LogP contribution in [0.2, 0.25) is 0 Å². The van der Waals surface area contributed by atoms with Gasteiger partial charge in [0.15, 0.2) is 17.4 Å². The van der Waals surface area contributed by atoms with Crippen molar-refractivity contribution in [2.24, 2.45) is 12.5 Å². The molecule has 0 unspecified atom stereocenters. The summed E-state index contributed by atoms with van der Waals surface area (Å²) in [5.74, 6) is -0.960. The van der Waals surface area contributed by atoms with Crippen molar-refractivity contribution in [3.05, 3.63) is 71.6 Å². The molecule has 2 aliphatic carbocycles. The molecular formula is C42H44F2N10O6S. The van der Waals surface area contributed by atoms with Gasteiger partial charge < -0.3 is 9.47 Å². The number of hydrogen-bond acceptors (Lipinski definition) is 11. The Morgan fingerprint density at radius 2 is 1.80 bits per heavy atom. The molecule has 61 heavy (non-hydrogen) atoms. The number of rotatable bonds is 11. The lowest BCUT2D eigenvalue weighted by Crippen LogP contribution is -2.67. The second kappa shape index (κ2) is 15.5. The van der Waals surface area contributed by atoms with E-state index in [4.69, 9.17) is 9.47 Å². The van der Waals surface area contributed by atoms with E-state index in [-0.39, 0.29) is 65.7 Å². The van der Waals surface area contributed by atoms with Gasteiger partial charge in [0, 0.05) is 63.5 Å². The Labute approximate surface area is 350 Å². The molecule has 2 N–H and O–H groups in total. The highest BCUT2D eigenvalue weighted by Crippen LogP contribution is 2.52. The first-order chi connectivity index (χ1) is 29.2. The number of aromatic nitrogens is 4. The standard InChI is InChI=1S/C42H44F2N10O6S/c1-4-51(2)61(57,58)50-35-12-10-32(43)38(31(35)20-45)59-26-9-11-34-29(15-26)40(47-23-46-34)60-27-18-42(19-27)21-53(22-42)25-7-5-24(6-8-25)28-17-36-30(16-33(28)44)39(49-52(36)3)54-14-13-37(55)48-41(54)56/h9-12,15-17,23-25,27,50H,4-8,13-14,18-19,21-22H2,1-3H3,(H,48,55,56). The number of halogens is 2. The van der Waals surface area contributed by atoms with Gasteiger partial charge in [-0.05, 0) is 92.5 Å². The van der Waals surface area contributed by atoms with Gasteiger partial charge >= 0.3 is 16.2 Å². The minimum Gasteiger partial charge on any atom is -0.474 e. The molecule has 3 aromatic carbocycles. The first kappa shape index (κ1) is 40.4. The molecule has 1 spiro atoms. The third-order valence-electron chi connectivity index (χ3n) is 12.7. The molecule has 2 aromatic heterocycles. The lowest BCUT2D eigenvalue weighted by atomic mass is 9.61. The molecule has 2 saturated heterocycles. The van der Waals surface area contributed by atoms with E-state index in [0.717, 1.165) is 67.5 Å². The molecule has 2 aliphatic heterocycles. The van der Waals surface area contributed by atoms with Crippen LogP contribution in [0.5, 0.6) is 17.4 Å². The monoisotopic (exact) mass is 854 g/mol. The van der Waals surface area contributed by atoms with Crippen molar-refractivity contribution in [3.8, 4) is 23.4 Å². The predicted molar refractivity (Wildman–Crippen MR) is 220 cm³/mol. The summed E-state index contributed by atoms with van der Waals surface area (Å²) in [6.45, 7) is 3.97. The quantitative estimate of drug-likeness (QED) is 0.157. The molecule has 4 heterocycles. The van der Waals surface area contributed by atoms with Gasteiger partial charge in [0.25, 0.3) is 0 Å². The van der Waals surface area contributed by atoms with Crippen LogP contribution in [0.15, 0.2) is 48.8 Å². The van der Waals surface area contributed by atoms with E-state index >= 15 is 8.78 Å². The number of anilines is 2. The van der Waals surface area contributed by atoms with E-state index in [1.165, 1.54) is 30.4 Å². The van der Waals surface area contributed by atoms with Crippen molar-refractivity contribution >= 4 is 55.5 Å². The fraction of sp³-hybridized carbons (Fsp3) is 0.429. The van der Waals surface area contributed by atoms with Gasteiger partial charge in [-0.15, -0.1) is 0 Å². The average molecular weight is 855 g/mol. The molecule has 9 rings (SSSR count).